The topological polar surface area (TPSA) is 41.7 Å². The van der Waals surface area contributed by atoms with Crippen LogP contribution in [0.25, 0.3) is 0 Å². The molecule has 0 aromatic carbocycles. The molecule has 0 aromatic rings. The van der Waals surface area contributed by atoms with E-state index in [1.165, 1.54) is 0 Å². The molecule has 0 bridgehead atoms. The monoisotopic (exact) mass is 215 g/mol. The fourth-order valence-electron chi connectivity index (χ4n) is 1.67. The Kier molecular flexibility index (Phi) is 6.17. The van der Waals surface area contributed by atoms with E-state index in [1.54, 1.807) is 0 Å². The summed E-state index contributed by atoms with van der Waals surface area (Å²) >= 11 is 0. The van der Waals surface area contributed by atoms with Crippen molar-refractivity contribution in [3.05, 3.63) is 0 Å². The van der Waals surface area contributed by atoms with Gasteiger partial charge in [-0.25, -0.2) is 0 Å². The van der Waals surface area contributed by atoms with Crippen molar-refractivity contribution in [3.8, 4) is 0 Å². The Labute approximate surface area is 93.4 Å². The molecular weight excluding hydrogens is 190 g/mol. The lowest BCUT2D eigenvalue weighted by atomic mass is 10.2. The number of nitrogens with zero attached hydrogens (tertiary/aromatic N) is 2. The van der Waals surface area contributed by atoms with Crippen LogP contribution < -0.4 is 5.73 Å². The number of hydrogen-bond donors (Lipinski definition) is 1. The molecular formula is C11H25N3O. The lowest BCUT2D eigenvalue weighted by Crippen LogP contribution is -2.41. The first-order valence-electron chi connectivity index (χ1n) is 5.92. The third-order valence-corrected chi connectivity index (χ3v) is 2.87. The minimum Gasteiger partial charge on any atom is -0.379 e. The fraction of sp³-hybridized carbons (Fsp3) is 1.00. The van der Waals surface area contributed by atoms with E-state index in [1.807, 2.05) is 0 Å². The Morgan fingerprint density at radius 3 is 2.60 bits per heavy atom. The van der Waals surface area contributed by atoms with Crippen LogP contribution in [0.15, 0.2) is 0 Å². The average Bonchev–Trinajstić information content (AvgIpc) is 2.25. The molecule has 1 aliphatic heterocycles. The summed E-state index contributed by atoms with van der Waals surface area (Å²) in [6, 6.07) is 0.316. The highest BCUT2D eigenvalue weighted by molar-refractivity contribution is 4.65. The number of ether oxygens (including phenoxy) is 1. The van der Waals surface area contributed by atoms with E-state index in [2.05, 4.69) is 23.8 Å². The van der Waals surface area contributed by atoms with Gasteiger partial charge < -0.3 is 15.4 Å². The first kappa shape index (κ1) is 12.9. The van der Waals surface area contributed by atoms with Gasteiger partial charge >= 0.3 is 0 Å². The molecule has 4 nitrogen and oxygen atoms in total. The second-order valence-corrected chi connectivity index (χ2v) is 4.52. The van der Waals surface area contributed by atoms with Gasteiger partial charge in [0.05, 0.1) is 13.2 Å². The number of nitrogens with two attached hydrogens (primary N) is 1. The first-order valence-corrected chi connectivity index (χ1v) is 5.92. The Morgan fingerprint density at radius 1 is 1.33 bits per heavy atom. The van der Waals surface area contributed by atoms with Crippen molar-refractivity contribution in [1.29, 1.82) is 0 Å². The van der Waals surface area contributed by atoms with Gasteiger partial charge in [0, 0.05) is 32.2 Å². The maximum atomic E-state index is 5.73. The molecule has 2 N–H and O–H groups in total. The van der Waals surface area contributed by atoms with E-state index in [0.29, 0.717) is 6.04 Å². The van der Waals surface area contributed by atoms with Gasteiger partial charge in [0.2, 0.25) is 0 Å². The summed E-state index contributed by atoms with van der Waals surface area (Å²) in [5, 5.41) is 0. The molecule has 1 saturated heterocycles. The molecule has 1 unspecified atom stereocenters. The Balaban J connectivity index is 2.02. The Bertz CT molecular complexity index is 158. The molecule has 0 amide bonds. The van der Waals surface area contributed by atoms with Gasteiger partial charge in [0.15, 0.2) is 0 Å². The summed E-state index contributed by atoms with van der Waals surface area (Å²) < 4.78 is 5.31. The third-order valence-electron chi connectivity index (χ3n) is 2.87. The number of hydrogen-bond acceptors (Lipinski definition) is 4. The molecule has 1 aliphatic rings. The second kappa shape index (κ2) is 7.17. The van der Waals surface area contributed by atoms with Crippen LogP contribution in [-0.4, -0.2) is 68.8 Å². The summed E-state index contributed by atoms with van der Waals surface area (Å²) in [5.74, 6) is 0. The maximum Gasteiger partial charge on any atom is 0.0594 e. The molecule has 0 saturated carbocycles. The van der Waals surface area contributed by atoms with Crippen molar-refractivity contribution in [2.24, 2.45) is 5.73 Å². The average molecular weight is 215 g/mol. The minimum atomic E-state index is 0.316. The van der Waals surface area contributed by atoms with Gasteiger partial charge in [0.25, 0.3) is 0 Å². The van der Waals surface area contributed by atoms with E-state index in [9.17, 15) is 0 Å². The fourth-order valence-corrected chi connectivity index (χ4v) is 1.67. The maximum absolute atomic E-state index is 5.73. The van der Waals surface area contributed by atoms with Crippen molar-refractivity contribution >= 4 is 0 Å². The zero-order valence-electron chi connectivity index (χ0n) is 10.1. The normalized spacial score (nSPS) is 20.8. The molecule has 0 spiro atoms. The molecule has 1 rings (SSSR count). The molecule has 1 fully saturated rings. The number of rotatable bonds is 6. The van der Waals surface area contributed by atoms with Gasteiger partial charge in [0.1, 0.15) is 0 Å². The van der Waals surface area contributed by atoms with Crippen LogP contribution in [0.2, 0.25) is 0 Å². The molecule has 0 aliphatic carbocycles. The van der Waals surface area contributed by atoms with Gasteiger partial charge in [-0.15, -0.1) is 0 Å². The van der Waals surface area contributed by atoms with E-state index >= 15 is 0 Å². The van der Waals surface area contributed by atoms with Crippen LogP contribution in [-0.2, 0) is 4.74 Å². The summed E-state index contributed by atoms with van der Waals surface area (Å²) in [6.45, 7) is 9.40. The van der Waals surface area contributed by atoms with Crippen LogP contribution in [0.3, 0.4) is 0 Å². The van der Waals surface area contributed by atoms with Crippen LogP contribution in [0, 0.1) is 0 Å². The van der Waals surface area contributed by atoms with Crippen molar-refractivity contribution in [2.75, 3.05) is 53.0 Å². The lowest BCUT2D eigenvalue weighted by molar-refractivity contribution is 0.0344. The van der Waals surface area contributed by atoms with Gasteiger partial charge in [-0.05, 0) is 26.9 Å². The van der Waals surface area contributed by atoms with Crippen molar-refractivity contribution in [1.82, 2.24) is 9.80 Å². The molecule has 0 radical (unpaired) electrons. The Hall–Kier alpha value is -0.160. The Morgan fingerprint density at radius 2 is 2.00 bits per heavy atom. The van der Waals surface area contributed by atoms with Gasteiger partial charge in [-0.1, -0.05) is 0 Å². The molecule has 0 aromatic heterocycles. The van der Waals surface area contributed by atoms with E-state index in [0.717, 1.165) is 52.4 Å². The standard InChI is InChI=1S/C11H25N3O/c1-11(12)3-4-13(2)5-6-14-7-9-15-10-8-14/h11H,3-10,12H2,1-2H3. The summed E-state index contributed by atoms with van der Waals surface area (Å²) in [7, 11) is 2.17. The third kappa shape index (κ3) is 6.10. The second-order valence-electron chi connectivity index (χ2n) is 4.52. The summed E-state index contributed by atoms with van der Waals surface area (Å²) in [6.07, 6.45) is 1.08. The number of morpholine rings is 1. The predicted octanol–water partition coefficient (Wildman–Crippen LogP) is -0.0123. The van der Waals surface area contributed by atoms with Crippen molar-refractivity contribution < 1.29 is 4.74 Å². The van der Waals surface area contributed by atoms with Crippen LogP contribution in [0.1, 0.15) is 13.3 Å². The SMILES string of the molecule is CC(N)CCN(C)CCN1CCOCC1. The minimum absolute atomic E-state index is 0.316. The zero-order valence-corrected chi connectivity index (χ0v) is 10.1. The van der Waals surface area contributed by atoms with Crippen molar-refractivity contribution in [3.63, 3.8) is 0 Å². The first-order chi connectivity index (χ1) is 7.18. The van der Waals surface area contributed by atoms with E-state index < -0.39 is 0 Å². The van der Waals surface area contributed by atoms with Crippen LogP contribution >= 0.6 is 0 Å². The summed E-state index contributed by atoms with van der Waals surface area (Å²) in [4.78, 5) is 4.82. The molecule has 4 heteroatoms. The predicted molar refractivity (Wildman–Crippen MR) is 63.0 cm³/mol. The lowest BCUT2D eigenvalue weighted by Gasteiger charge is -2.28. The van der Waals surface area contributed by atoms with Gasteiger partial charge in [-0.3, -0.25) is 4.90 Å². The van der Waals surface area contributed by atoms with E-state index in [4.69, 9.17) is 10.5 Å². The molecule has 15 heavy (non-hydrogen) atoms. The van der Waals surface area contributed by atoms with Crippen LogP contribution in [0.4, 0.5) is 0 Å². The van der Waals surface area contributed by atoms with E-state index in [-0.39, 0.29) is 0 Å². The summed E-state index contributed by atoms with van der Waals surface area (Å²) in [5.41, 5.74) is 5.73. The molecule has 1 atom stereocenters. The quantitative estimate of drug-likeness (QED) is 0.676. The van der Waals surface area contributed by atoms with Crippen LogP contribution in [0.5, 0.6) is 0 Å². The van der Waals surface area contributed by atoms with Gasteiger partial charge in [-0.2, -0.15) is 0 Å². The highest BCUT2D eigenvalue weighted by Gasteiger charge is 2.10. The number of likely N-dealkylation sites (N-methyl/N-ethyl adjacent to an activating group) is 1. The zero-order chi connectivity index (χ0) is 11.1. The smallest absolute Gasteiger partial charge is 0.0594 e. The van der Waals surface area contributed by atoms with Crippen molar-refractivity contribution in [2.45, 2.75) is 19.4 Å². The highest BCUT2D eigenvalue weighted by Crippen LogP contribution is 1.97. The molecule has 1 heterocycles. The largest absolute Gasteiger partial charge is 0.379 e. The highest BCUT2D eigenvalue weighted by atomic mass is 16.5. The molecule has 90 valence electrons.